The minimum atomic E-state index is 0.0240. The Morgan fingerprint density at radius 3 is 2.84 bits per heavy atom. The third kappa shape index (κ3) is 2.73. The molecule has 0 bridgehead atoms. The number of aromatic amines is 1. The summed E-state index contributed by atoms with van der Waals surface area (Å²) in [4.78, 5) is 31.3. The Kier molecular flexibility index (Phi) is 3.86. The molecular formula is C18H23N5O2. The SMILES string of the molecule is CC(C)n1nc(CN2CCCC2=O)c2c1CN(C(=O)c1cc[nH]c1)C2. The number of hydrogen-bond acceptors (Lipinski definition) is 3. The highest BCUT2D eigenvalue weighted by molar-refractivity contribution is 5.94. The van der Waals surface area contributed by atoms with Gasteiger partial charge in [-0.05, 0) is 26.3 Å². The molecule has 1 N–H and O–H groups in total. The summed E-state index contributed by atoms with van der Waals surface area (Å²) in [7, 11) is 0. The van der Waals surface area contributed by atoms with E-state index in [2.05, 4.69) is 18.8 Å². The Bertz CT molecular complexity index is 806. The van der Waals surface area contributed by atoms with Crippen molar-refractivity contribution in [2.45, 2.75) is 52.4 Å². The van der Waals surface area contributed by atoms with Crippen molar-refractivity contribution in [3.05, 3.63) is 41.0 Å². The average Bonchev–Trinajstić information content (AvgIpc) is 3.33. The lowest BCUT2D eigenvalue weighted by Crippen LogP contribution is -2.28. The maximum absolute atomic E-state index is 12.7. The van der Waals surface area contributed by atoms with Gasteiger partial charge in [-0.1, -0.05) is 0 Å². The highest BCUT2D eigenvalue weighted by atomic mass is 16.2. The van der Waals surface area contributed by atoms with Gasteiger partial charge in [0.1, 0.15) is 0 Å². The second-order valence-electron chi connectivity index (χ2n) is 7.09. The van der Waals surface area contributed by atoms with E-state index in [9.17, 15) is 9.59 Å². The fraction of sp³-hybridized carbons (Fsp3) is 0.500. The molecule has 1 saturated heterocycles. The predicted octanol–water partition coefficient (Wildman–Crippen LogP) is 2.07. The minimum absolute atomic E-state index is 0.0240. The first-order chi connectivity index (χ1) is 12.0. The fourth-order valence-corrected chi connectivity index (χ4v) is 3.72. The van der Waals surface area contributed by atoms with E-state index in [1.165, 1.54) is 0 Å². The molecule has 4 heterocycles. The molecule has 25 heavy (non-hydrogen) atoms. The molecule has 0 saturated carbocycles. The van der Waals surface area contributed by atoms with Crippen molar-refractivity contribution in [2.24, 2.45) is 0 Å². The van der Waals surface area contributed by atoms with Crippen LogP contribution in [0.25, 0.3) is 0 Å². The van der Waals surface area contributed by atoms with Crippen LogP contribution in [0.3, 0.4) is 0 Å². The van der Waals surface area contributed by atoms with E-state index in [4.69, 9.17) is 5.10 Å². The number of carbonyl (C=O) groups excluding carboxylic acids is 2. The first-order valence-electron chi connectivity index (χ1n) is 8.83. The first-order valence-corrected chi connectivity index (χ1v) is 8.83. The number of aromatic nitrogens is 3. The largest absolute Gasteiger partial charge is 0.367 e. The van der Waals surface area contributed by atoms with Gasteiger partial charge in [0.15, 0.2) is 0 Å². The fourth-order valence-electron chi connectivity index (χ4n) is 3.72. The number of H-pyrrole nitrogens is 1. The molecule has 2 aliphatic rings. The zero-order chi connectivity index (χ0) is 17.6. The molecule has 2 amide bonds. The van der Waals surface area contributed by atoms with Crippen LogP contribution in [0.2, 0.25) is 0 Å². The quantitative estimate of drug-likeness (QED) is 0.925. The Morgan fingerprint density at radius 2 is 2.20 bits per heavy atom. The third-order valence-electron chi connectivity index (χ3n) is 5.02. The second kappa shape index (κ2) is 6.06. The maximum atomic E-state index is 12.7. The van der Waals surface area contributed by atoms with Crippen molar-refractivity contribution in [1.82, 2.24) is 24.6 Å². The van der Waals surface area contributed by atoms with E-state index in [1.54, 1.807) is 18.5 Å². The van der Waals surface area contributed by atoms with E-state index in [0.717, 1.165) is 29.9 Å². The molecule has 7 nitrogen and oxygen atoms in total. The summed E-state index contributed by atoms with van der Waals surface area (Å²) in [6.07, 6.45) is 5.04. The topological polar surface area (TPSA) is 74.2 Å². The van der Waals surface area contributed by atoms with Crippen molar-refractivity contribution < 1.29 is 9.59 Å². The molecule has 7 heteroatoms. The van der Waals surface area contributed by atoms with Gasteiger partial charge in [-0.25, -0.2) is 0 Å². The molecule has 4 rings (SSSR count). The zero-order valence-electron chi connectivity index (χ0n) is 14.7. The molecule has 0 aliphatic carbocycles. The van der Waals surface area contributed by atoms with Crippen LogP contribution in [-0.2, 0) is 24.4 Å². The van der Waals surface area contributed by atoms with Crippen LogP contribution in [0.4, 0.5) is 0 Å². The predicted molar refractivity (Wildman–Crippen MR) is 91.6 cm³/mol. The summed E-state index contributed by atoms with van der Waals surface area (Å²) in [6.45, 7) is 6.66. The minimum Gasteiger partial charge on any atom is -0.367 e. The van der Waals surface area contributed by atoms with E-state index in [1.807, 2.05) is 14.5 Å². The summed E-state index contributed by atoms with van der Waals surface area (Å²) in [5, 5.41) is 4.76. The number of hydrogen-bond donors (Lipinski definition) is 1. The molecule has 2 aliphatic heterocycles. The summed E-state index contributed by atoms with van der Waals surface area (Å²) < 4.78 is 2.01. The Labute approximate surface area is 146 Å². The average molecular weight is 341 g/mol. The van der Waals surface area contributed by atoms with Crippen molar-refractivity contribution in [1.29, 1.82) is 0 Å². The van der Waals surface area contributed by atoms with Crippen LogP contribution in [-0.4, -0.2) is 42.9 Å². The molecular weight excluding hydrogens is 318 g/mol. The molecule has 2 aromatic rings. The molecule has 1 fully saturated rings. The summed E-state index contributed by atoms with van der Waals surface area (Å²) >= 11 is 0. The van der Waals surface area contributed by atoms with Gasteiger partial charge in [0.05, 0.1) is 36.6 Å². The lowest BCUT2D eigenvalue weighted by molar-refractivity contribution is -0.128. The second-order valence-corrected chi connectivity index (χ2v) is 7.09. The molecule has 0 spiro atoms. The highest BCUT2D eigenvalue weighted by Gasteiger charge is 2.33. The van der Waals surface area contributed by atoms with Gasteiger partial charge in [0.25, 0.3) is 5.91 Å². The van der Waals surface area contributed by atoms with Gasteiger partial charge in [-0.15, -0.1) is 0 Å². The number of carbonyl (C=O) groups is 2. The van der Waals surface area contributed by atoms with Gasteiger partial charge in [-0.2, -0.15) is 5.10 Å². The molecule has 0 atom stereocenters. The maximum Gasteiger partial charge on any atom is 0.256 e. The number of nitrogens with zero attached hydrogens (tertiary/aromatic N) is 4. The Hall–Kier alpha value is -2.57. The third-order valence-corrected chi connectivity index (χ3v) is 5.02. The van der Waals surface area contributed by atoms with Crippen molar-refractivity contribution >= 4 is 11.8 Å². The Morgan fingerprint density at radius 1 is 1.36 bits per heavy atom. The molecule has 0 aromatic carbocycles. The highest BCUT2D eigenvalue weighted by Crippen LogP contribution is 2.30. The number of fused-ring (bicyclic) bond motifs is 1. The van der Waals surface area contributed by atoms with Crippen LogP contribution in [0.5, 0.6) is 0 Å². The van der Waals surface area contributed by atoms with Crippen LogP contribution in [0.15, 0.2) is 18.5 Å². The van der Waals surface area contributed by atoms with E-state index < -0.39 is 0 Å². The van der Waals surface area contributed by atoms with Crippen LogP contribution >= 0.6 is 0 Å². The molecule has 132 valence electrons. The summed E-state index contributed by atoms with van der Waals surface area (Å²) in [5.41, 5.74) is 3.81. The number of nitrogens with one attached hydrogen (secondary N) is 1. The van der Waals surface area contributed by atoms with E-state index >= 15 is 0 Å². The van der Waals surface area contributed by atoms with Crippen molar-refractivity contribution in [3.8, 4) is 0 Å². The zero-order valence-corrected chi connectivity index (χ0v) is 14.7. The van der Waals surface area contributed by atoms with Gasteiger partial charge < -0.3 is 14.8 Å². The molecule has 2 aromatic heterocycles. The van der Waals surface area contributed by atoms with Crippen LogP contribution in [0.1, 0.15) is 60.0 Å². The number of amides is 2. The van der Waals surface area contributed by atoms with Crippen LogP contribution < -0.4 is 0 Å². The van der Waals surface area contributed by atoms with Crippen molar-refractivity contribution in [3.63, 3.8) is 0 Å². The van der Waals surface area contributed by atoms with Gasteiger partial charge in [-0.3, -0.25) is 14.3 Å². The normalized spacial score (nSPS) is 17.0. The standard InChI is InChI=1S/C18H23N5O2/c1-12(2)23-16-11-22(18(25)13-5-6-19-8-13)9-14(16)15(20-23)10-21-7-3-4-17(21)24/h5-6,8,12,19H,3-4,7,9-11H2,1-2H3. The lowest BCUT2D eigenvalue weighted by Gasteiger charge is -2.18. The number of likely N-dealkylation sites (tertiary alicyclic amines) is 1. The summed E-state index contributed by atoms with van der Waals surface area (Å²) in [6, 6.07) is 2.02. The number of rotatable bonds is 4. The monoisotopic (exact) mass is 341 g/mol. The first kappa shape index (κ1) is 15.9. The molecule has 0 radical (unpaired) electrons. The smallest absolute Gasteiger partial charge is 0.256 e. The van der Waals surface area contributed by atoms with E-state index in [0.29, 0.717) is 31.6 Å². The van der Waals surface area contributed by atoms with Crippen molar-refractivity contribution in [2.75, 3.05) is 6.54 Å². The van der Waals surface area contributed by atoms with Gasteiger partial charge >= 0.3 is 0 Å². The van der Waals surface area contributed by atoms with Gasteiger partial charge in [0.2, 0.25) is 5.91 Å². The lowest BCUT2D eigenvalue weighted by atomic mass is 10.2. The van der Waals surface area contributed by atoms with Crippen LogP contribution in [0, 0.1) is 0 Å². The summed E-state index contributed by atoms with van der Waals surface area (Å²) in [5.74, 6) is 0.224. The Balaban J connectivity index is 1.61. The van der Waals surface area contributed by atoms with E-state index in [-0.39, 0.29) is 17.9 Å². The molecule has 0 unspecified atom stereocenters. The van der Waals surface area contributed by atoms with Gasteiger partial charge in [0, 0.05) is 37.0 Å².